The minimum atomic E-state index is 0.407. The Bertz CT molecular complexity index is 1140. The van der Waals surface area contributed by atoms with Crippen molar-refractivity contribution in [2.24, 2.45) is 14.1 Å². The molecule has 0 saturated carbocycles. The Morgan fingerprint density at radius 1 is 1.27 bits per heavy atom. The van der Waals surface area contributed by atoms with Crippen LogP contribution in [0.25, 0.3) is 33.8 Å². The van der Waals surface area contributed by atoms with Crippen molar-refractivity contribution in [1.29, 1.82) is 5.26 Å². The number of pyridine rings is 1. The van der Waals surface area contributed by atoms with Gasteiger partial charge in [0, 0.05) is 31.9 Å². The third-order valence-electron chi connectivity index (χ3n) is 4.36. The normalized spacial score (nSPS) is 11.2. The van der Waals surface area contributed by atoms with Crippen molar-refractivity contribution in [1.82, 2.24) is 34.1 Å². The van der Waals surface area contributed by atoms with Gasteiger partial charge in [-0.1, -0.05) is 0 Å². The second kappa shape index (κ2) is 6.11. The zero-order valence-corrected chi connectivity index (χ0v) is 14.9. The third kappa shape index (κ3) is 2.54. The number of nitrogens with zero attached hydrogens (tertiary/aromatic N) is 8. The molecule has 8 heteroatoms. The molecule has 0 aliphatic carbocycles. The maximum atomic E-state index is 8.87. The first-order valence-corrected chi connectivity index (χ1v) is 8.30. The summed E-state index contributed by atoms with van der Waals surface area (Å²) in [6.07, 6.45) is 5.96. The number of aryl methyl sites for hydroxylation is 4. The monoisotopic (exact) mass is 346 g/mol. The molecule has 0 N–H and O–H groups in total. The molecule has 0 radical (unpaired) electrons. The van der Waals surface area contributed by atoms with Crippen molar-refractivity contribution in [2.45, 2.75) is 19.9 Å². The van der Waals surface area contributed by atoms with Crippen LogP contribution in [-0.4, -0.2) is 34.1 Å². The second-order valence-corrected chi connectivity index (χ2v) is 6.22. The number of aromatic nitrogens is 7. The summed E-state index contributed by atoms with van der Waals surface area (Å²) in [7, 11) is 3.86. The van der Waals surface area contributed by atoms with Crippen LogP contribution in [0.1, 0.15) is 12.1 Å². The summed E-state index contributed by atoms with van der Waals surface area (Å²) in [6, 6.07) is 6.09. The smallest absolute Gasteiger partial charge is 0.159 e. The van der Waals surface area contributed by atoms with E-state index in [2.05, 4.69) is 21.3 Å². The predicted octanol–water partition coefficient (Wildman–Crippen LogP) is 2.45. The Morgan fingerprint density at radius 2 is 2.12 bits per heavy atom. The molecule has 8 nitrogen and oxygen atoms in total. The van der Waals surface area contributed by atoms with Gasteiger partial charge in [-0.2, -0.15) is 15.5 Å². The molecule has 130 valence electrons. The van der Waals surface area contributed by atoms with Gasteiger partial charge in [0.15, 0.2) is 5.82 Å². The van der Waals surface area contributed by atoms with Crippen LogP contribution in [0.4, 0.5) is 0 Å². The van der Waals surface area contributed by atoms with Gasteiger partial charge in [0.2, 0.25) is 0 Å². The van der Waals surface area contributed by atoms with Gasteiger partial charge in [-0.3, -0.25) is 14.3 Å². The first kappa shape index (κ1) is 16.0. The number of hydrogen-bond donors (Lipinski definition) is 0. The van der Waals surface area contributed by atoms with E-state index in [1.54, 1.807) is 6.20 Å². The molecular weight excluding hydrogens is 328 g/mol. The van der Waals surface area contributed by atoms with Crippen molar-refractivity contribution in [3.05, 3.63) is 36.4 Å². The Labute approximate surface area is 150 Å². The molecule has 0 saturated heterocycles. The van der Waals surface area contributed by atoms with Crippen LogP contribution >= 0.6 is 0 Å². The van der Waals surface area contributed by atoms with Gasteiger partial charge < -0.3 is 4.57 Å². The highest BCUT2D eigenvalue weighted by atomic mass is 15.3. The van der Waals surface area contributed by atoms with Crippen molar-refractivity contribution < 1.29 is 0 Å². The summed E-state index contributed by atoms with van der Waals surface area (Å²) in [5, 5.41) is 18.6. The predicted molar refractivity (Wildman–Crippen MR) is 96.9 cm³/mol. The maximum Gasteiger partial charge on any atom is 0.159 e. The van der Waals surface area contributed by atoms with E-state index in [0.29, 0.717) is 13.0 Å². The topological polar surface area (TPSA) is 90.1 Å². The standard InChI is InChI=1S/C18H18N8/c1-12-9-16(26(23-12)8-4-6-19)14-11-24(2)18(22-14)17-13-10-21-25(3)15(13)5-7-20-17/h5,7,9-11H,4,8H2,1-3H3. The van der Waals surface area contributed by atoms with Gasteiger partial charge >= 0.3 is 0 Å². The zero-order valence-electron chi connectivity index (χ0n) is 14.9. The zero-order chi connectivity index (χ0) is 18.3. The molecular formula is C18H18N8. The fourth-order valence-corrected chi connectivity index (χ4v) is 3.15. The number of fused-ring (bicyclic) bond motifs is 1. The minimum Gasteiger partial charge on any atom is -0.332 e. The van der Waals surface area contributed by atoms with Crippen molar-refractivity contribution in [2.75, 3.05) is 0 Å². The lowest BCUT2D eigenvalue weighted by atomic mass is 10.2. The molecule has 4 heterocycles. The molecule has 26 heavy (non-hydrogen) atoms. The van der Waals surface area contributed by atoms with Crippen molar-refractivity contribution >= 4 is 10.9 Å². The number of hydrogen-bond acceptors (Lipinski definition) is 5. The SMILES string of the molecule is Cc1cc(-c2cn(C)c(-c3nccc4c3cnn4C)n2)n(CCC#N)n1. The quantitative estimate of drug-likeness (QED) is 0.566. The number of imidazole rings is 1. The molecule has 0 amide bonds. The molecule has 0 atom stereocenters. The largest absolute Gasteiger partial charge is 0.332 e. The molecule has 0 fully saturated rings. The molecule has 4 aromatic rings. The Kier molecular flexibility index (Phi) is 3.77. The van der Waals surface area contributed by atoms with Crippen LogP contribution in [0.5, 0.6) is 0 Å². The van der Waals surface area contributed by atoms with Crippen LogP contribution in [-0.2, 0) is 20.6 Å². The van der Waals surface area contributed by atoms with Gasteiger partial charge in [-0.15, -0.1) is 0 Å². The fourth-order valence-electron chi connectivity index (χ4n) is 3.15. The van der Waals surface area contributed by atoms with E-state index < -0.39 is 0 Å². The number of nitriles is 1. The lowest BCUT2D eigenvalue weighted by Gasteiger charge is -2.02. The van der Waals surface area contributed by atoms with Gasteiger partial charge in [-0.25, -0.2) is 4.98 Å². The van der Waals surface area contributed by atoms with Crippen molar-refractivity contribution in [3.63, 3.8) is 0 Å². The maximum absolute atomic E-state index is 8.87. The van der Waals surface area contributed by atoms with Gasteiger partial charge in [-0.05, 0) is 19.1 Å². The van der Waals surface area contributed by atoms with Crippen molar-refractivity contribution in [3.8, 4) is 29.0 Å². The van der Waals surface area contributed by atoms with Crippen LogP contribution in [0.2, 0.25) is 0 Å². The van der Waals surface area contributed by atoms with Gasteiger partial charge in [0.1, 0.15) is 11.4 Å². The molecule has 0 aliphatic rings. The second-order valence-electron chi connectivity index (χ2n) is 6.22. The Hall–Kier alpha value is -3.47. The van der Waals surface area contributed by atoms with Gasteiger partial charge in [0.05, 0.1) is 42.1 Å². The number of rotatable bonds is 4. The summed E-state index contributed by atoms with van der Waals surface area (Å²) in [5.74, 6) is 0.768. The van der Waals surface area contributed by atoms with E-state index in [1.807, 2.05) is 59.5 Å². The summed E-state index contributed by atoms with van der Waals surface area (Å²) in [6.45, 7) is 2.48. The van der Waals surface area contributed by atoms with E-state index in [-0.39, 0.29) is 0 Å². The summed E-state index contributed by atoms with van der Waals surface area (Å²) in [4.78, 5) is 9.34. The molecule has 4 aromatic heterocycles. The molecule has 0 aromatic carbocycles. The fraction of sp³-hybridized carbons (Fsp3) is 0.278. The van der Waals surface area contributed by atoms with Crippen LogP contribution in [0, 0.1) is 18.3 Å². The van der Waals surface area contributed by atoms with E-state index in [0.717, 1.165) is 39.5 Å². The Balaban J connectivity index is 1.83. The highest BCUT2D eigenvalue weighted by Crippen LogP contribution is 2.28. The minimum absolute atomic E-state index is 0.407. The van der Waals surface area contributed by atoms with E-state index in [1.165, 1.54) is 0 Å². The summed E-state index contributed by atoms with van der Waals surface area (Å²) >= 11 is 0. The average molecular weight is 346 g/mol. The highest BCUT2D eigenvalue weighted by molar-refractivity contribution is 5.90. The summed E-state index contributed by atoms with van der Waals surface area (Å²) < 4.78 is 5.62. The molecule has 0 aliphatic heterocycles. The molecule has 0 unspecified atom stereocenters. The third-order valence-corrected chi connectivity index (χ3v) is 4.36. The van der Waals surface area contributed by atoms with E-state index >= 15 is 0 Å². The summed E-state index contributed by atoms with van der Waals surface area (Å²) in [5.41, 5.74) is 4.41. The lowest BCUT2D eigenvalue weighted by molar-refractivity contribution is 0.628. The first-order valence-electron chi connectivity index (χ1n) is 8.30. The average Bonchev–Trinajstić information content (AvgIpc) is 3.30. The van der Waals surface area contributed by atoms with Crippen LogP contribution in [0.3, 0.4) is 0 Å². The molecule has 4 rings (SSSR count). The van der Waals surface area contributed by atoms with E-state index in [4.69, 9.17) is 10.2 Å². The Morgan fingerprint density at radius 3 is 2.92 bits per heavy atom. The van der Waals surface area contributed by atoms with Crippen LogP contribution in [0.15, 0.2) is 30.7 Å². The van der Waals surface area contributed by atoms with Crippen LogP contribution < -0.4 is 0 Å². The highest BCUT2D eigenvalue weighted by Gasteiger charge is 2.17. The van der Waals surface area contributed by atoms with Gasteiger partial charge in [0.25, 0.3) is 0 Å². The molecule has 0 spiro atoms. The first-order chi connectivity index (χ1) is 12.6. The van der Waals surface area contributed by atoms with E-state index in [9.17, 15) is 0 Å². The lowest BCUT2D eigenvalue weighted by Crippen LogP contribution is -2.02. The molecule has 0 bridgehead atoms.